The maximum Gasteiger partial charge on any atom is 0.252 e. The van der Waals surface area contributed by atoms with Gasteiger partial charge < -0.3 is 15.6 Å². The van der Waals surface area contributed by atoms with E-state index < -0.39 is 0 Å². The molecule has 4 rings (SSSR count). The number of rotatable bonds is 4. The fraction of sp³-hybridized carbons (Fsp3) is 0.150. The molecule has 0 saturated carbocycles. The number of fused-ring (bicyclic) bond motifs is 1. The van der Waals surface area contributed by atoms with Crippen molar-refractivity contribution < 1.29 is 9.18 Å². The number of H-pyrrole nitrogens is 1. The number of nitrogens with one attached hydrogen (secondary N) is 3. The van der Waals surface area contributed by atoms with E-state index in [0.717, 1.165) is 28.2 Å². The third-order valence-electron chi connectivity index (χ3n) is 4.50. The maximum atomic E-state index is 13.3. The lowest BCUT2D eigenvalue weighted by Gasteiger charge is -2.20. The minimum absolute atomic E-state index is 0.0239. The highest BCUT2D eigenvalue weighted by Crippen LogP contribution is 2.35. The van der Waals surface area contributed by atoms with Gasteiger partial charge in [-0.3, -0.25) is 4.79 Å². The number of allylic oxidation sites excluding steroid dienone is 4. The molecular weight excluding hydrogens is 317 g/mol. The predicted molar refractivity (Wildman–Crippen MR) is 94.4 cm³/mol. The Morgan fingerprint density at radius 2 is 2.16 bits per heavy atom. The molecular formula is C20H18FN3O. The Hall–Kier alpha value is -3.08. The van der Waals surface area contributed by atoms with Crippen molar-refractivity contribution in [1.82, 2.24) is 15.6 Å². The highest BCUT2D eigenvalue weighted by Gasteiger charge is 2.34. The van der Waals surface area contributed by atoms with Crippen molar-refractivity contribution in [3.63, 3.8) is 0 Å². The zero-order valence-corrected chi connectivity index (χ0v) is 13.6. The van der Waals surface area contributed by atoms with Gasteiger partial charge in [-0.05, 0) is 54.5 Å². The molecule has 1 amide bonds. The number of benzene rings is 1. The molecule has 1 atom stereocenters. The molecule has 0 spiro atoms. The maximum absolute atomic E-state index is 13.3. The first-order chi connectivity index (χ1) is 12.2. The molecule has 5 heteroatoms. The average Bonchev–Trinajstić information content (AvgIpc) is 3.22. The lowest BCUT2D eigenvalue weighted by Crippen LogP contribution is -2.19. The zero-order chi connectivity index (χ0) is 17.2. The molecule has 0 bridgehead atoms. The molecule has 1 aliphatic heterocycles. The summed E-state index contributed by atoms with van der Waals surface area (Å²) in [6.07, 6.45) is 8.37. The first-order valence-corrected chi connectivity index (χ1v) is 8.24. The summed E-state index contributed by atoms with van der Waals surface area (Å²) in [5.74, 6) is -0.262. The summed E-state index contributed by atoms with van der Waals surface area (Å²) in [6.45, 7) is 0.552. The lowest BCUT2D eigenvalue weighted by molar-refractivity contribution is -0.115. The van der Waals surface area contributed by atoms with Crippen molar-refractivity contribution in [2.75, 3.05) is 0 Å². The van der Waals surface area contributed by atoms with Crippen LogP contribution in [0.1, 0.15) is 17.7 Å². The summed E-state index contributed by atoms with van der Waals surface area (Å²) in [4.78, 5) is 15.4. The van der Waals surface area contributed by atoms with Crippen molar-refractivity contribution >= 4 is 12.0 Å². The molecule has 1 aliphatic carbocycles. The van der Waals surface area contributed by atoms with Crippen molar-refractivity contribution in [1.29, 1.82) is 0 Å². The number of aromatic nitrogens is 1. The van der Waals surface area contributed by atoms with Gasteiger partial charge in [-0.1, -0.05) is 12.1 Å². The summed E-state index contributed by atoms with van der Waals surface area (Å²) in [7, 11) is 0. The van der Waals surface area contributed by atoms with Gasteiger partial charge in [0.1, 0.15) is 5.82 Å². The Kier molecular flexibility index (Phi) is 3.98. The van der Waals surface area contributed by atoms with E-state index >= 15 is 0 Å². The summed E-state index contributed by atoms with van der Waals surface area (Å²) in [6, 6.07) is 10.4. The van der Waals surface area contributed by atoms with Gasteiger partial charge >= 0.3 is 0 Å². The topological polar surface area (TPSA) is 56.9 Å². The van der Waals surface area contributed by atoms with Crippen LogP contribution >= 0.6 is 0 Å². The van der Waals surface area contributed by atoms with Crippen LogP contribution in [0.15, 0.2) is 71.7 Å². The van der Waals surface area contributed by atoms with Gasteiger partial charge in [-0.2, -0.15) is 0 Å². The van der Waals surface area contributed by atoms with Crippen LogP contribution in [0, 0.1) is 11.7 Å². The number of carbonyl (C=O) groups excluding carboxylic acids is 1. The molecule has 126 valence electrons. The molecule has 2 heterocycles. The number of hydrogen-bond acceptors (Lipinski definition) is 2. The van der Waals surface area contributed by atoms with E-state index in [9.17, 15) is 9.18 Å². The number of amides is 1. The van der Waals surface area contributed by atoms with Crippen LogP contribution in [-0.2, 0) is 11.3 Å². The molecule has 1 fully saturated rings. The highest BCUT2D eigenvalue weighted by molar-refractivity contribution is 6.03. The average molecular weight is 335 g/mol. The van der Waals surface area contributed by atoms with Crippen molar-refractivity contribution in [3.05, 3.63) is 88.8 Å². The van der Waals surface area contributed by atoms with E-state index in [0.29, 0.717) is 13.0 Å². The molecule has 1 unspecified atom stereocenters. The molecule has 1 aromatic carbocycles. The standard InChI is InChI=1S/C20H18FN3O/c21-14-4-1-3-13(9-14)12-23-16-6-7-19-17(10-16)18(20(25)24-19)11-15-5-2-8-22-15/h1-9,11,17,22-23H,10,12H2,(H,24,25)/b18-11-. The monoisotopic (exact) mass is 335 g/mol. The molecule has 1 aromatic heterocycles. The number of carbonyl (C=O) groups is 1. The van der Waals surface area contributed by atoms with E-state index in [4.69, 9.17) is 0 Å². The molecule has 25 heavy (non-hydrogen) atoms. The van der Waals surface area contributed by atoms with Crippen LogP contribution in [0.25, 0.3) is 6.08 Å². The van der Waals surface area contributed by atoms with E-state index in [-0.39, 0.29) is 17.6 Å². The second-order valence-corrected chi connectivity index (χ2v) is 6.23. The smallest absolute Gasteiger partial charge is 0.252 e. The Morgan fingerprint density at radius 3 is 2.96 bits per heavy atom. The van der Waals surface area contributed by atoms with Crippen LogP contribution in [0.3, 0.4) is 0 Å². The van der Waals surface area contributed by atoms with Crippen LogP contribution in [-0.4, -0.2) is 10.9 Å². The van der Waals surface area contributed by atoms with Crippen LogP contribution in [0.2, 0.25) is 0 Å². The first kappa shape index (κ1) is 15.4. The third kappa shape index (κ3) is 3.26. The fourth-order valence-corrected chi connectivity index (χ4v) is 3.23. The highest BCUT2D eigenvalue weighted by atomic mass is 19.1. The molecule has 3 N–H and O–H groups in total. The molecule has 1 saturated heterocycles. The Labute approximate surface area is 145 Å². The SMILES string of the molecule is O=C1NC2=CC=C(NCc3cccc(F)c3)CC2/C1=C/c1ccc[nH]1. The van der Waals surface area contributed by atoms with Crippen LogP contribution < -0.4 is 10.6 Å². The van der Waals surface area contributed by atoms with E-state index in [1.165, 1.54) is 12.1 Å². The predicted octanol–water partition coefficient (Wildman–Crippen LogP) is 3.24. The molecule has 4 nitrogen and oxygen atoms in total. The van der Waals surface area contributed by atoms with Gasteiger partial charge in [0.15, 0.2) is 0 Å². The van der Waals surface area contributed by atoms with Gasteiger partial charge in [0.25, 0.3) is 5.91 Å². The van der Waals surface area contributed by atoms with E-state index in [1.807, 2.05) is 42.6 Å². The number of hydrogen-bond donors (Lipinski definition) is 3. The summed E-state index contributed by atoms with van der Waals surface area (Å²) in [5.41, 5.74) is 4.52. The van der Waals surface area contributed by atoms with Gasteiger partial charge in [0.2, 0.25) is 0 Å². The number of aromatic amines is 1. The van der Waals surface area contributed by atoms with Gasteiger partial charge in [0.05, 0.1) is 0 Å². The van der Waals surface area contributed by atoms with Crippen molar-refractivity contribution in [2.24, 2.45) is 5.92 Å². The largest absolute Gasteiger partial charge is 0.384 e. The minimum atomic E-state index is -0.235. The Morgan fingerprint density at radius 1 is 1.24 bits per heavy atom. The zero-order valence-electron chi connectivity index (χ0n) is 13.6. The normalized spacial score (nSPS) is 20.8. The molecule has 0 radical (unpaired) electrons. The van der Waals surface area contributed by atoms with E-state index in [1.54, 1.807) is 6.07 Å². The van der Waals surface area contributed by atoms with Crippen LogP contribution in [0.4, 0.5) is 4.39 Å². The fourth-order valence-electron chi connectivity index (χ4n) is 3.23. The lowest BCUT2D eigenvalue weighted by atomic mass is 9.90. The molecule has 2 aromatic rings. The second-order valence-electron chi connectivity index (χ2n) is 6.23. The number of halogens is 1. The quantitative estimate of drug-likeness (QED) is 0.751. The van der Waals surface area contributed by atoms with E-state index in [2.05, 4.69) is 15.6 Å². The Balaban J connectivity index is 1.49. The first-order valence-electron chi connectivity index (χ1n) is 8.24. The van der Waals surface area contributed by atoms with Gasteiger partial charge in [0, 0.05) is 41.3 Å². The third-order valence-corrected chi connectivity index (χ3v) is 4.50. The Bertz CT molecular complexity index is 893. The summed E-state index contributed by atoms with van der Waals surface area (Å²) < 4.78 is 13.3. The van der Waals surface area contributed by atoms with Gasteiger partial charge in [-0.15, -0.1) is 0 Å². The summed E-state index contributed by atoms with van der Waals surface area (Å²) >= 11 is 0. The summed E-state index contributed by atoms with van der Waals surface area (Å²) in [5, 5.41) is 6.29. The van der Waals surface area contributed by atoms with Crippen LogP contribution in [0.5, 0.6) is 0 Å². The minimum Gasteiger partial charge on any atom is -0.384 e. The van der Waals surface area contributed by atoms with Gasteiger partial charge in [-0.25, -0.2) is 4.39 Å². The van der Waals surface area contributed by atoms with Crippen molar-refractivity contribution in [2.45, 2.75) is 13.0 Å². The second kappa shape index (κ2) is 6.43. The van der Waals surface area contributed by atoms with Crippen molar-refractivity contribution in [3.8, 4) is 0 Å². The molecule has 2 aliphatic rings.